The Morgan fingerprint density at radius 2 is 1.92 bits per heavy atom. The molecule has 1 aromatic heterocycles. The summed E-state index contributed by atoms with van der Waals surface area (Å²) < 4.78 is 13.2. The Balaban J connectivity index is 2.09. The van der Waals surface area contributed by atoms with Crippen molar-refractivity contribution in [3.05, 3.63) is 63.6 Å². The number of thiophene rings is 1. The lowest BCUT2D eigenvalue weighted by Crippen LogP contribution is -2.35. The van der Waals surface area contributed by atoms with E-state index in [1.54, 1.807) is 0 Å². The number of carbonyl (C=O) groups excluding carboxylic acids is 2. The first-order chi connectivity index (χ1) is 12.4. The minimum atomic E-state index is -0.719. The van der Waals surface area contributed by atoms with Gasteiger partial charge in [0.05, 0.1) is 11.6 Å². The predicted octanol–water partition coefficient (Wildman–Crippen LogP) is 2.87. The molecule has 1 amide bonds. The zero-order valence-electron chi connectivity index (χ0n) is 14.5. The summed E-state index contributed by atoms with van der Waals surface area (Å²) in [4.78, 5) is 29.4. The molecule has 0 bridgehead atoms. The van der Waals surface area contributed by atoms with Gasteiger partial charge in [0.25, 0.3) is 11.7 Å². The van der Waals surface area contributed by atoms with Crippen LogP contribution >= 0.6 is 11.3 Å². The third-order valence-electron chi connectivity index (χ3n) is 4.26. The van der Waals surface area contributed by atoms with E-state index in [0.717, 1.165) is 4.88 Å². The summed E-state index contributed by atoms with van der Waals surface area (Å²) in [6.07, 6.45) is 0. The summed E-state index contributed by atoms with van der Waals surface area (Å²) in [5.41, 5.74) is 0.348. The van der Waals surface area contributed by atoms with E-state index in [2.05, 4.69) is 0 Å². The molecule has 2 aromatic rings. The summed E-state index contributed by atoms with van der Waals surface area (Å²) in [5, 5.41) is 12.6. The number of hydrogen-bond donors (Lipinski definition) is 1. The number of aliphatic hydroxyl groups is 1. The molecule has 1 aliphatic rings. The van der Waals surface area contributed by atoms with E-state index in [-0.39, 0.29) is 11.3 Å². The second-order valence-electron chi connectivity index (χ2n) is 6.32. The van der Waals surface area contributed by atoms with Crippen LogP contribution in [0.4, 0.5) is 4.39 Å². The minimum absolute atomic E-state index is 0.0443. The number of benzene rings is 1. The molecular weight excluding hydrogens is 355 g/mol. The minimum Gasteiger partial charge on any atom is -0.507 e. The maximum atomic E-state index is 13.2. The van der Waals surface area contributed by atoms with Gasteiger partial charge in [0.2, 0.25) is 0 Å². The third-order valence-corrected chi connectivity index (χ3v) is 5.18. The van der Waals surface area contributed by atoms with Crippen LogP contribution < -0.4 is 0 Å². The quantitative estimate of drug-likeness (QED) is 0.497. The van der Waals surface area contributed by atoms with Gasteiger partial charge in [-0.15, -0.1) is 11.3 Å². The topological polar surface area (TPSA) is 60.9 Å². The lowest BCUT2D eigenvalue weighted by Gasteiger charge is -2.25. The molecule has 7 heteroatoms. The van der Waals surface area contributed by atoms with Crippen LogP contribution in [0.3, 0.4) is 0 Å². The molecule has 1 saturated heterocycles. The van der Waals surface area contributed by atoms with E-state index in [1.165, 1.54) is 40.5 Å². The fraction of sp³-hybridized carbons (Fsp3) is 0.263. The number of Topliss-reactive ketones (excluding diaryl/α,β-unsaturated/α-hetero) is 1. The molecule has 26 heavy (non-hydrogen) atoms. The molecule has 3 rings (SSSR count). The van der Waals surface area contributed by atoms with Gasteiger partial charge in [0.15, 0.2) is 0 Å². The van der Waals surface area contributed by atoms with E-state index < -0.39 is 23.5 Å². The average molecular weight is 374 g/mol. The van der Waals surface area contributed by atoms with Crippen molar-refractivity contribution in [1.29, 1.82) is 0 Å². The summed E-state index contributed by atoms with van der Waals surface area (Å²) in [7, 11) is 3.77. The number of likely N-dealkylation sites (tertiary alicyclic amines) is 1. The van der Waals surface area contributed by atoms with Gasteiger partial charge in [0.1, 0.15) is 11.6 Å². The maximum Gasteiger partial charge on any atom is 0.295 e. The van der Waals surface area contributed by atoms with Crippen molar-refractivity contribution in [2.75, 3.05) is 27.2 Å². The van der Waals surface area contributed by atoms with Crippen molar-refractivity contribution in [1.82, 2.24) is 9.80 Å². The molecule has 0 spiro atoms. The van der Waals surface area contributed by atoms with E-state index in [4.69, 9.17) is 0 Å². The summed E-state index contributed by atoms with van der Waals surface area (Å²) >= 11 is 1.42. The fourth-order valence-corrected chi connectivity index (χ4v) is 3.77. The second kappa shape index (κ2) is 7.39. The highest BCUT2D eigenvalue weighted by Crippen LogP contribution is 2.40. The van der Waals surface area contributed by atoms with Gasteiger partial charge in [-0.1, -0.05) is 6.07 Å². The van der Waals surface area contributed by atoms with Crippen LogP contribution in [-0.4, -0.2) is 53.8 Å². The number of ketones is 1. The van der Waals surface area contributed by atoms with Gasteiger partial charge < -0.3 is 14.9 Å². The van der Waals surface area contributed by atoms with Crippen LogP contribution in [-0.2, 0) is 9.59 Å². The Bertz CT molecular complexity index is 844. The number of hydrogen-bond acceptors (Lipinski definition) is 5. The summed E-state index contributed by atoms with van der Waals surface area (Å²) in [6.45, 7) is 0.950. The standard InChI is InChI=1S/C19H19FN2O3S/c1-21(2)9-10-22-16(14-4-3-11-26-14)15(18(24)19(22)25)17(23)12-5-7-13(20)8-6-12/h3-8,11,16,23H,9-10H2,1-2H3/b17-15+/t16-/m0/s1. The van der Waals surface area contributed by atoms with Crippen molar-refractivity contribution in [3.8, 4) is 0 Å². The van der Waals surface area contributed by atoms with Crippen LogP contribution in [0.25, 0.3) is 5.76 Å². The number of rotatable bonds is 5. The predicted molar refractivity (Wildman–Crippen MR) is 98.3 cm³/mol. The van der Waals surface area contributed by atoms with Gasteiger partial charge in [-0.2, -0.15) is 0 Å². The number of likely N-dealkylation sites (N-methyl/N-ethyl adjacent to an activating group) is 1. The molecule has 0 radical (unpaired) electrons. The maximum absolute atomic E-state index is 13.2. The van der Waals surface area contributed by atoms with Gasteiger partial charge in [-0.3, -0.25) is 9.59 Å². The second-order valence-corrected chi connectivity index (χ2v) is 7.30. The molecule has 136 valence electrons. The molecule has 1 atom stereocenters. The average Bonchev–Trinajstić information content (AvgIpc) is 3.21. The van der Waals surface area contributed by atoms with Crippen molar-refractivity contribution in [2.45, 2.75) is 6.04 Å². The first-order valence-electron chi connectivity index (χ1n) is 8.12. The lowest BCUT2D eigenvalue weighted by molar-refractivity contribution is -0.140. The Morgan fingerprint density at radius 1 is 1.23 bits per heavy atom. The van der Waals surface area contributed by atoms with Gasteiger partial charge in [-0.05, 0) is 49.8 Å². The Kier molecular flexibility index (Phi) is 5.20. The van der Waals surface area contributed by atoms with Crippen molar-refractivity contribution < 1.29 is 19.1 Å². The Hall–Kier alpha value is -2.51. The van der Waals surface area contributed by atoms with Crippen LogP contribution in [0, 0.1) is 5.82 Å². The molecule has 1 N–H and O–H groups in total. The van der Waals surface area contributed by atoms with Crippen molar-refractivity contribution in [2.24, 2.45) is 0 Å². The molecule has 0 saturated carbocycles. The number of halogens is 1. The molecule has 0 aliphatic carbocycles. The van der Waals surface area contributed by atoms with E-state index in [9.17, 15) is 19.1 Å². The van der Waals surface area contributed by atoms with E-state index in [1.807, 2.05) is 36.5 Å². The molecule has 1 aliphatic heterocycles. The highest BCUT2D eigenvalue weighted by Gasteiger charge is 2.46. The highest BCUT2D eigenvalue weighted by molar-refractivity contribution is 7.10. The van der Waals surface area contributed by atoms with Gasteiger partial charge in [0, 0.05) is 23.5 Å². The normalized spacial score (nSPS) is 19.5. The molecular formula is C19H19FN2O3S. The Labute approximate surface area is 155 Å². The number of amides is 1. The fourth-order valence-electron chi connectivity index (χ4n) is 2.92. The van der Waals surface area contributed by atoms with Gasteiger partial charge >= 0.3 is 0 Å². The van der Waals surface area contributed by atoms with Crippen LogP contribution in [0.15, 0.2) is 47.4 Å². The zero-order valence-corrected chi connectivity index (χ0v) is 15.3. The third kappa shape index (κ3) is 3.40. The molecule has 1 aromatic carbocycles. The van der Waals surface area contributed by atoms with E-state index in [0.29, 0.717) is 18.7 Å². The van der Waals surface area contributed by atoms with E-state index >= 15 is 0 Å². The lowest BCUT2D eigenvalue weighted by atomic mass is 10.00. The van der Waals surface area contributed by atoms with Crippen LogP contribution in [0.5, 0.6) is 0 Å². The monoisotopic (exact) mass is 374 g/mol. The zero-order chi connectivity index (χ0) is 18.8. The molecule has 2 heterocycles. The van der Waals surface area contributed by atoms with Crippen molar-refractivity contribution in [3.63, 3.8) is 0 Å². The smallest absolute Gasteiger partial charge is 0.295 e. The molecule has 1 fully saturated rings. The largest absolute Gasteiger partial charge is 0.507 e. The van der Waals surface area contributed by atoms with Crippen LogP contribution in [0.1, 0.15) is 16.5 Å². The number of carbonyl (C=O) groups is 2. The molecule has 5 nitrogen and oxygen atoms in total. The summed E-state index contributed by atoms with van der Waals surface area (Å²) in [6, 6.07) is 8.23. The Morgan fingerprint density at radius 3 is 2.50 bits per heavy atom. The molecule has 0 unspecified atom stereocenters. The summed E-state index contributed by atoms with van der Waals surface area (Å²) in [5.74, 6) is -2.07. The number of nitrogens with zero attached hydrogens (tertiary/aromatic N) is 2. The van der Waals surface area contributed by atoms with Crippen LogP contribution in [0.2, 0.25) is 0 Å². The SMILES string of the molecule is CN(C)CCN1C(=O)C(=O)/C(=C(/O)c2ccc(F)cc2)[C@@H]1c1cccs1. The number of aliphatic hydroxyl groups excluding tert-OH is 1. The van der Waals surface area contributed by atoms with Gasteiger partial charge in [-0.25, -0.2) is 4.39 Å². The highest BCUT2D eigenvalue weighted by atomic mass is 32.1. The van der Waals surface area contributed by atoms with Crippen molar-refractivity contribution >= 4 is 28.8 Å². The first-order valence-corrected chi connectivity index (χ1v) is 9.00. The first kappa shape index (κ1) is 18.3.